The number of pyridine rings is 1. The summed E-state index contributed by atoms with van der Waals surface area (Å²) in [6, 6.07) is -0.0806. The largest absolute Gasteiger partial charge is 0.489 e. The maximum atomic E-state index is 14.2. The van der Waals surface area contributed by atoms with Gasteiger partial charge in [-0.25, -0.2) is 4.39 Å². The minimum Gasteiger partial charge on any atom is -0.489 e. The maximum absolute atomic E-state index is 14.2. The zero-order valence-electron chi connectivity index (χ0n) is 12.0. The number of aromatic nitrogens is 1. The lowest BCUT2D eigenvalue weighted by molar-refractivity contribution is 0.101. The average molecular weight is 290 g/mol. The number of hydrogen-bond acceptors (Lipinski definition) is 4. The van der Waals surface area contributed by atoms with Gasteiger partial charge in [0.2, 0.25) is 5.43 Å². The molecule has 6 heteroatoms. The molecule has 2 heterocycles. The van der Waals surface area contributed by atoms with Crippen molar-refractivity contribution in [2.45, 2.75) is 26.8 Å². The van der Waals surface area contributed by atoms with E-state index in [0.717, 1.165) is 0 Å². The Hall–Kier alpha value is -2.37. The summed E-state index contributed by atoms with van der Waals surface area (Å²) < 4.78 is 21.6. The summed E-state index contributed by atoms with van der Waals surface area (Å²) in [7, 11) is 0. The molecule has 0 bridgehead atoms. The van der Waals surface area contributed by atoms with Crippen molar-refractivity contribution in [3.8, 4) is 5.75 Å². The summed E-state index contributed by atoms with van der Waals surface area (Å²) in [6.07, 6.45) is 1.51. The summed E-state index contributed by atoms with van der Waals surface area (Å²) in [5.74, 6) is -0.718. The number of carbonyl (C=O) groups is 1. The molecule has 2 aromatic rings. The normalized spacial score (nSPS) is 16.9. The van der Waals surface area contributed by atoms with E-state index < -0.39 is 11.2 Å². The lowest BCUT2D eigenvalue weighted by atomic mass is 10.0. The maximum Gasteiger partial charge on any atom is 0.202 e. The number of ketones is 1. The Kier molecular flexibility index (Phi) is 2.79. The Bertz CT molecular complexity index is 855. The molecule has 0 saturated heterocycles. The van der Waals surface area contributed by atoms with Gasteiger partial charge in [-0.15, -0.1) is 0 Å². The second kappa shape index (κ2) is 4.31. The van der Waals surface area contributed by atoms with Gasteiger partial charge in [-0.1, -0.05) is 0 Å². The van der Waals surface area contributed by atoms with Crippen molar-refractivity contribution in [1.82, 2.24) is 4.57 Å². The fraction of sp³-hybridized carbons (Fsp3) is 0.333. The third-order valence-electron chi connectivity index (χ3n) is 3.95. The molecule has 0 aliphatic carbocycles. The van der Waals surface area contributed by atoms with Crippen LogP contribution in [0.25, 0.3) is 10.9 Å². The van der Waals surface area contributed by atoms with Gasteiger partial charge in [-0.3, -0.25) is 9.59 Å². The Morgan fingerprint density at radius 1 is 1.52 bits per heavy atom. The molecule has 3 rings (SSSR count). The fourth-order valence-corrected chi connectivity index (χ4v) is 2.76. The van der Waals surface area contributed by atoms with Gasteiger partial charge in [0.1, 0.15) is 12.4 Å². The quantitative estimate of drug-likeness (QED) is 0.645. The highest BCUT2D eigenvalue weighted by Crippen LogP contribution is 2.39. The molecule has 1 aliphatic heterocycles. The lowest BCUT2D eigenvalue weighted by Gasteiger charge is -2.28. The molecule has 0 amide bonds. The van der Waals surface area contributed by atoms with E-state index in [1.54, 1.807) is 11.5 Å². The minimum atomic E-state index is -0.670. The molecule has 21 heavy (non-hydrogen) atoms. The fourth-order valence-electron chi connectivity index (χ4n) is 2.76. The van der Waals surface area contributed by atoms with E-state index in [1.165, 1.54) is 13.1 Å². The SMILES string of the molecule is CC(=O)c1cn2c3c(c(C)c(F)c(N)c3c1=O)OC[C@@H]2C. The second-order valence-electron chi connectivity index (χ2n) is 5.40. The lowest BCUT2D eigenvalue weighted by Crippen LogP contribution is -2.27. The number of Topliss-reactive ketones (excluding diaryl/α,β-unsaturated/α-hetero) is 1. The third-order valence-corrected chi connectivity index (χ3v) is 3.95. The zero-order valence-corrected chi connectivity index (χ0v) is 12.0. The van der Waals surface area contributed by atoms with Crippen molar-refractivity contribution >= 4 is 22.4 Å². The van der Waals surface area contributed by atoms with Crippen LogP contribution in [0, 0.1) is 12.7 Å². The first-order chi connectivity index (χ1) is 9.84. The molecule has 0 unspecified atom stereocenters. The number of nitrogens with two attached hydrogens (primary N) is 1. The molecule has 2 N–H and O–H groups in total. The Morgan fingerprint density at radius 2 is 2.19 bits per heavy atom. The number of ether oxygens (including phenoxy) is 1. The van der Waals surface area contributed by atoms with Gasteiger partial charge >= 0.3 is 0 Å². The van der Waals surface area contributed by atoms with Crippen molar-refractivity contribution in [2.24, 2.45) is 0 Å². The molecular formula is C15H15FN2O3. The number of benzene rings is 1. The van der Waals surface area contributed by atoms with Crippen LogP contribution in [0.15, 0.2) is 11.0 Å². The molecule has 0 radical (unpaired) electrons. The predicted octanol–water partition coefficient (Wildman–Crippen LogP) is 2.19. The topological polar surface area (TPSA) is 74.3 Å². The van der Waals surface area contributed by atoms with E-state index >= 15 is 0 Å². The van der Waals surface area contributed by atoms with Gasteiger partial charge in [0, 0.05) is 11.8 Å². The second-order valence-corrected chi connectivity index (χ2v) is 5.40. The number of rotatable bonds is 1. The van der Waals surface area contributed by atoms with E-state index in [4.69, 9.17) is 10.5 Å². The summed E-state index contributed by atoms with van der Waals surface area (Å²) in [5.41, 5.74) is 5.76. The summed E-state index contributed by atoms with van der Waals surface area (Å²) >= 11 is 0. The first-order valence-electron chi connectivity index (χ1n) is 6.64. The first-order valence-corrected chi connectivity index (χ1v) is 6.64. The smallest absolute Gasteiger partial charge is 0.202 e. The predicted molar refractivity (Wildman–Crippen MR) is 77.5 cm³/mol. The van der Waals surface area contributed by atoms with E-state index in [9.17, 15) is 14.0 Å². The molecule has 0 saturated carbocycles. The first kappa shape index (κ1) is 13.6. The Morgan fingerprint density at radius 3 is 2.81 bits per heavy atom. The molecule has 1 aromatic carbocycles. The van der Waals surface area contributed by atoms with Crippen LogP contribution >= 0.6 is 0 Å². The molecule has 1 aliphatic rings. The highest BCUT2D eigenvalue weighted by Gasteiger charge is 2.28. The van der Waals surface area contributed by atoms with Crippen LogP contribution < -0.4 is 15.9 Å². The highest BCUT2D eigenvalue weighted by atomic mass is 19.1. The highest BCUT2D eigenvalue weighted by molar-refractivity contribution is 6.02. The Labute approximate surface area is 120 Å². The van der Waals surface area contributed by atoms with Gasteiger partial charge in [0.15, 0.2) is 11.6 Å². The number of nitrogen functional groups attached to an aromatic ring is 1. The molecule has 0 spiro atoms. The standard InChI is InChI=1S/C15H15FN2O3/c1-6-5-21-15-7(2)11(16)12(17)10-13(15)18(6)4-9(8(3)19)14(10)20/h4,6H,5,17H2,1-3H3/t6-/m0/s1. The van der Waals surface area contributed by atoms with Crippen LogP contribution in [-0.2, 0) is 0 Å². The van der Waals surface area contributed by atoms with Crippen molar-refractivity contribution in [3.05, 3.63) is 33.4 Å². The summed E-state index contributed by atoms with van der Waals surface area (Å²) in [5, 5.41) is 0.0207. The summed E-state index contributed by atoms with van der Waals surface area (Å²) in [4.78, 5) is 24.1. The minimum absolute atomic E-state index is 0.0113. The molecule has 5 nitrogen and oxygen atoms in total. The third kappa shape index (κ3) is 1.68. The average Bonchev–Trinajstić information content (AvgIpc) is 2.43. The number of carbonyl (C=O) groups excluding carboxylic acids is 1. The van der Waals surface area contributed by atoms with Gasteiger partial charge < -0.3 is 15.0 Å². The van der Waals surface area contributed by atoms with Crippen LogP contribution in [0.3, 0.4) is 0 Å². The van der Waals surface area contributed by atoms with E-state index in [-0.39, 0.29) is 34.0 Å². The number of halogens is 1. The monoisotopic (exact) mass is 290 g/mol. The molecule has 1 atom stereocenters. The van der Waals surface area contributed by atoms with Crippen LogP contribution in [0.1, 0.15) is 35.8 Å². The molecular weight excluding hydrogens is 275 g/mol. The van der Waals surface area contributed by atoms with Gasteiger partial charge in [-0.05, 0) is 20.8 Å². The zero-order chi connectivity index (χ0) is 15.5. The van der Waals surface area contributed by atoms with E-state index in [0.29, 0.717) is 17.9 Å². The molecule has 0 fully saturated rings. The van der Waals surface area contributed by atoms with Crippen molar-refractivity contribution in [2.75, 3.05) is 12.3 Å². The van der Waals surface area contributed by atoms with Crippen molar-refractivity contribution in [3.63, 3.8) is 0 Å². The van der Waals surface area contributed by atoms with E-state index in [1.807, 2.05) is 6.92 Å². The van der Waals surface area contributed by atoms with E-state index in [2.05, 4.69) is 0 Å². The van der Waals surface area contributed by atoms with Crippen LogP contribution in [-0.4, -0.2) is 17.0 Å². The van der Waals surface area contributed by atoms with Crippen LogP contribution in [0.4, 0.5) is 10.1 Å². The Balaban J connectivity index is 2.64. The van der Waals surface area contributed by atoms with Crippen molar-refractivity contribution < 1.29 is 13.9 Å². The molecule has 110 valence electrons. The number of hydrogen-bond donors (Lipinski definition) is 1. The van der Waals surface area contributed by atoms with Crippen LogP contribution in [0.5, 0.6) is 5.75 Å². The van der Waals surface area contributed by atoms with Crippen molar-refractivity contribution in [1.29, 1.82) is 0 Å². The number of nitrogens with zero attached hydrogens (tertiary/aromatic N) is 1. The van der Waals surface area contributed by atoms with Gasteiger partial charge in [0.25, 0.3) is 0 Å². The summed E-state index contributed by atoms with van der Waals surface area (Å²) in [6.45, 7) is 5.10. The van der Waals surface area contributed by atoms with Gasteiger partial charge in [0.05, 0.1) is 28.2 Å². The molecule has 1 aromatic heterocycles. The van der Waals surface area contributed by atoms with Gasteiger partial charge in [-0.2, -0.15) is 0 Å². The van der Waals surface area contributed by atoms with Crippen LogP contribution in [0.2, 0.25) is 0 Å². The number of anilines is 1.